The number of hydrogen-bond donors (Lipinski definition) is 12. The van der Waals surface area contributed by atoms with Crippen LogP contribution in [0.2, 0.25) is 0 Å². The molecule has 18 nitrogen and oxygen atoms in total. The second kappa shape index (κ2) is 22.5. The van der Waals surface area contributed by atoms with Gasteiger partial charge in [0.15, 0.2) is 5.96 Å². The van der Waals surface area contributed by atoms with Crippen LogP contribution in [0.25, 0.3) is 21.7 Å². The summed E-state index contributed by atoms with van der Waals surface area (Å²) in [6.45, 7) is 4.04. The molecule has 0 saturated heterocycles. The topological polar surface area (TPSA) is 298 Å². The van der Waals surface area contributed by atoms with Crippen LogP contribution in [-0.4, -0.2) is 106 Å². The van der Waals surface area contributed by atoms with Gasteiger partial charge < -0.3 is 54.1 Å². The zero-order valence-electron chi connectivity index (χ0n) is 34.7. The van der Waals surface area contributed by atoms with E-state index in [-0.39, 0.29) is 43.9 Å². The van der Waals surface area contributed by atoms with E-state index >= 15 is 0 Å². The highest BCUT2D eigenvalue weighted by Crippen LogP contribution is 2.21. The Labute approximate surface area is 369 Å². The van der Waals surface area contributed by atoms with Gasteiger partial charge in [-0.3, -0.25) is 38.6 Å². The number of carbonyl (C=O) groups is 7. The first kappa shape index (κ1) is 48.4. The van der Waals surface area contributed by atoms with Gasteiger partial charge in [0.25, 0.3) is 0 Å². The van der Waals surface area contributed by atoms with Crippen molar-refractivity contribution in [1.29, 1.82) is 0 Å². The molecule has 62 heavy (non-hydrogen) atoms. The fraction of sp³-hybridized carbons (Fsp3) is 0.381. The number of carbonyl (C=O) groups excluding carboxylic acids is 7. The molecule has 1 heterocycles. The highest BCUT2D eigenvalue weighted by molar-refractivity contribution is 7.81. The number of nitrogens with one attached hydrogen (secondary N) is 7. The van der Waals surface area contributed by atoms with Crippen LogP contribution >= 0.6 is 25.3 Å². The van der Waals surface area contributed by atoms with Crippen LogP contribution in [0.5, 0.6) is 0 Å². The van der Waals surface area contributed by atoms with E-state index in [9.17, 15) is 33.6 Å². The Kier molecular flexibility index (Phi) is 17.6. The maximum absolute atomic E-state index is 14.3. The number of hydrogen-bond acceptors (Lipinski definition) is 10. The lowest BCUT2D eigenvalue weighted by molar-refractivity contribution is -0.134. The monoisotopic (exact) mass is 889 g/mol. The Balaban J connectivity index is 1.63. The summed E-state index contributed by atoms with van der Waals surface area (Å²) in [6, 6.07) is 14.4. The highest BCUT2D eigenvalue weighted by atomic mass is 32.1. The first-order chi connectivity index (χ1) is 29.4. The maximum atomic E-state index is 14.3. The summed E-state index contributed by atoms with van der Waals surface area (Å²) in [7, 11) is 0. The number of amides is 7. The predicted molar refractivity (Wildman–Crippen MR) is 244 cm³/mol. The molecular formula is C42H55N11O7S2. The molecule has 332 valence electrons. The largest absolute Gasteiger partial charge is 0.370 e. The van der Waals surface area contributed by atoms with Crippen molar-refractivity contribution in [3.8, 4) is 0 Å². The van der Waals surface area contributed by atoms with Crippen LogP contribution in [0.4, 0.5) is 0 Å². The van der Waals surface area contributed by atoms with Gasteiger partial charge in [-0.1, -0.05) is 60.7 Å². The minimum absolute atomic E-state index is 0.00687. The number of aromatic amines is 1. The number of aliphatic imine (C=N–C) groups is 1. The quantitative estimate of drug-likeness (QED) is 0.0216. The Bertz CT molecular complexity index is 2290. The van der Waals surface area contributed by atoms with E-state index in [2.05, 4.69) is 67.1 Å². The minimum Gasteiger partial charge on any atom is -0.370 e. The molecule has 0 bridgehead atoms. The van der Waals surface area contributed by atoms with Crippen LogP contribution in [0.3, 0.4) is 0 Å². The number of H-pyrrole nitrogens is 1. The molecule has 3 aromatic carbocycles. The average molecular weight is 890 g/mol. The Morgan fingerprint density at radius 1 is 0.742 bits per heavy atom. The molecule has 0 radical (unpaired) electrons. The van der Waals surface area contributed by atoms with Crippen molar-refractivity contribution >= 4 is 94.2 Å². The van der Waals surface area contributed by atoms with Gasteiger partial charge in [0, 0.05) is 53.9 Å². The third-order valence-corrected chi connectivity index (χ3v) is 10.4. The number of aromatic nitrogens is 1. The number of rotatable bonds is 22. The number of nitrogens with zero attached hydrogens (tertiary/aromatic N) is 1. The van der Waals surface area contributed by atoms with Crippen LogP contribution < -0.4 is 49.1 Å². The zero-order chi connectivity index (χ0) is 45.6. The summed E-state index contributed by atoms with van der Waals surface area (Å²) in [4.78, 5) is 99.9. The molecule has 0 saturated carbocycles. The van der Waals surface area contributed by atoms with Gasteiger partial charge in [-0.2, -0.15) is 25.3 Å². The van der Waals surface area contributed by atoms with Crippen LogP contribution in [0.15, 0.2) is 77.9 Å². The molecule has 0 spiro atoms. The number of para-hydroxylation sites is 1. The second-order valence-corrected chi connectivity index (χ2v) is 16.8. The normalized spacial score (nSPS) is 13.7. The predicted octanol–water partition coefficient (Wildman–Crippen LogP) is -0.156. The molecule has 0 aliphatic carbocycles. The van der Waals surface area contributed by atoms with Crippen LogP contribution in [0, 0.1) is 0 Å². The van der Waals surface area contributed by atoms with Gasteiger partial charge >= 0.3 is 0 Å². The van der Waals surface area contributed by atoms with Gasteiger partial charge in [0.2, 0.25) is 41.4 Å². The van der Waals surface area contributed by atoms with E-state index in [0.29, 0.717) is 11.1 Å². The molecule has 0 aliphatic rings. The fourth-order valence-corrected chi connectivity index (χ4v) is 7.07. The highest BCUT2D eigenvalue weighted by Gasteiger charge is 2.34. The first-order valence-corrected chi connectivity index (χ1v) is 20.9. The summed E-state index contributed by atoms with van der Waals surface area (Å²) in [5, 5.41) is 18.4. The number of guanidine groups is 1. The zero-order valence-corrected chi connectivity index (χ0v) is 36.5. The minimum atomic E-state index is -1.29. The number of nitrogens with two attached hydrogens (primary N) is 3. The smallest absolute Gasteiger partial charge is 0.244 e. The van der Waals surface area contributed by atoms with E-state index < -0.39 is 82.9 Å². The average Bonchev–Trinajstić information content (AvgIpc) is 3.63. The SMILES string of the molecule is CC(=O)N[C@H](C(=O)NCC(=O)N[C@H](Cc1ccc2ccccc2c1)C(=O)N[C@@H](CCCN=C(N)N)C(=O)N[C@@H](Cc1c[nH]c2ccccc12)C(=O)N[C@@H](CS)C(N)=O)C(C)(C)S. The third-order valence-electron chi connectivity index (χ3n) is 9.80. The number of benzene rings is 3. The molecule has 7 amide bonds. The van der Waals surface area contributed by atoms with Crippen LogP contribution in [0.1, 0.15) is 44.7 Å². The second-order valence-electron chi connectivity index (χ2n) is 15.3. The van der Waals surface area contributed by atoms with E-state index in [1.54, 1.807) is 26.1 Å². The molecular weight excluding hydrogens is 835 g/mol. The van der Waals surface area contributed by atoms with Crippen molar-refractivity contribution in [2.24, 2.45) is 22.2 Å². The number of fused-ring (bicyclic) bond motifs is 2. The van der Waals surface area contributed by atoms with Crippen molar-refractivity contribution in [2.45, 2.75) is 81.4 Å². The summed E-state index contributed by atoms with van der Waals surface area (Å²) < 4.78 is -0.993. The summed E-state index contributed by atoms with van der Waals surface area (Å²) in [5.41, 5.74) is 18.7. The molecule has 4 aromatic rings. The van der Waals surface area contributed by atoms with Gasteiger partial charge in [0.05, 0.1) is 6.54 Å². The molecule has 4 rings (SSSR count). The number of thiol groups is 2. The van der Waals surface area contributed by atoms with Gasteiger partial charge in [-0.05, 0) is 54.7 Å². The third kappa shape index (κ3) is 14.4. The maximum Gasteiger partial charge on any atom is 0.244 e. The standard InChI is InChI=1S/C42H55N11O7S2/c1-23(54)49-35(42(2,3)62)40(60)48-21-34(55)50-31(18-24-14-15-25-9-4-5-10-26(25)17-24)38(58)51-30(13-8-16-46-41(44)45)37(57)52-32(39(59)53-33(22-61)36(43)56)19-27-20-47-29-12-7-6-11-28(27)29/h4-7,9-12,14-15,17,20,30-33,35,47,61-62H,8,13,16,18-19,21-22H2,1-3H3,(H2,43,56)(H,48,60)(H,49,54)(H,50,55)(H,51,58)(H,52,57)(H,53,59)(H4,44,45,46)/t30-,31+,32-,33-,35+/m0/s1. The summed E-state index contributed by atoms with van der Waals surface area (Å²) in [6.07, 6.45) is 1.86. The molecule has 20 heteroatoms. The summed E-state index contributed by atoms with van der Waals surface area (Å²) >= 11 is 8.56. The van der Waals surface area contributed by atoms with Gasteiger partial charge in [-0.15, -0.1) is 0 Å². The lowest BCUT2D eigenvalue weighted by Crippen LogP contribution is -2.59. The molecule has 13 N–H and O–H groups in total. The molecule has 0 aliphatic heterocycles. The van der Waals surface area contributed by atoms with Gasteiger partial charge in [-0.25, -0.2) is 0 Å². The molecule has 5 atom stereocenters. The number of primary amides is 1. The summed E-state index contributed by atoms with van der Waals surface area (Å²) in [5.74, 6) is -5.23. The lowest BCUT2D eigenvalue weighted by Gasteiger charge is -2.29. The van der Waals surface area contributed by atoms with E-state index in [4.69, 9.17) is 17.2 Å². The molecule has 0 unspecified atom stereocenters. The van der Waals surface area contributed by atoms with Crippen molar-refractivity contribution in [3.05, 3.63) is 84.1 Å². The Hall–Kier alpha value is -6.28. The van der Waals surface area contributed by atoms with Crippen molar-refractivity contribution in [1.82, 2.24) is 36.9 Å². The van der Waals surface area contributed by atoms with E-state index in [1.807, 2.05) is 60.7 Å². The van der Waals surface area contributed by atoms with E-state index in [1.165, 1.54) is 6.92 Å². The lowest BCUT2D eigenvalue weighted by atomic mass is 10.00. The van der Waals surface area contributed by atoms with Crippen molar-refractivity contribution in [3.63, 3.8) is 0 Å². The van der Waals surface area contributed by atoms with Crippen LogP contribution in [-0.2, 0) is 46.4 Å². The van der Waals surface area contributed by atoms with Gasteiger partial charge in [0.1, 0.15) is 30.2 Å². The van der Waals surface area contributed by atoms with E-state index in [0.717, 1.165) is 21.7 Å². The Morgan fingerprint density at radius 2 is 1.35 bits per heavy atom. The fourth-order valence-electron chi connectivity index (χ4n) is 6.62. The molecule has 0 fully saturated rings. The Morgan fingerprint density at radius 3 is 2.00 bits per heavy atom. The first-order valence-electron chi connectivity index (χ1n) is 19.8. The van der Waals surface area contributed by atoms with Crippen molar-refractivity contribution < 1.29 is 33.6 Å². The molecule has 1 aromatic heterocycles. The van der Waals surface area contributed by atoms with Crippen molar-refractivity contribution in [2.75, 3.05) is 18.8 Å².